The van der Waals surface area contributed by atoms with Crippen molar-refractivity contribution in [3.63, 3.8) is 0 Å². The highest BCUT2D eigenvalue weighted by molar-refractivity contribution is 8.01. The van der Waals surface area contributed by atoms with Crippen molar-refractivity contribution in [2.75, 3.05) is 12.9 Å². The van der Waals surface area contributed by atoms with E-state index in [1.807, 2.05) is 0 Å². The van der Waals surface area contributed by atoms with Crippen molar-refractivity contribution >= 4 is 29.1 Å². The maximum atomic E-state index is 10.6. The van der Waals surface area contributed by atoms with Gasteiger partial charge in [-0.1, -0.05) is 23.1 Å². The first-order valence-corrected chi connectivity index (χ1v) is 4.65. The fourth-order valence-electron chi connectivity index (χ4n) is 0.405. The van der Waals surface area contributed by atoms with Crippen molar-refractivity contribution in [2.45, 2.75) is 4.34 Å². The summed E-state index contributed by atoms with van der Waals surface area (Å²) in [6.45, 7) is 0. The predicted octanol–water partition coefficient (Wildman–Crippen LogP) is 0.803. The van der Waals surface area contributed by atoms with E-state index >= 15 is 0 Å². The van der Waals surface area contributed by atoms with Gasteiger partial charge in [0.1, 0.15) is 5.51 Å². The van der Waals surface area contributed by atoms with Gasteiger partial charge in [0.05, 0.1) is 12.9 Å². The van der Waals surface area contributed by atoms with Crippen LogP contribution in [0.25, 0.3) is 0 Å². The lowest BCUT2D eigenvalue weighted by molar-refractivity contribution is -0.137. The number of rotatable bonds is 3. The van der Waals surface area contributed by atoms with Gasteiger partial charge >= 0.3 is 5.97 Å². The molecular formula is C5H6N2O2S2. The first-order valence-electron chi connectivity index (χ1n) is 2.78. The largest absolute Gasteiger partial charge is 0.468 e. The van der Waals surface area contributed by atoms with Gasteiger partial charge in [-0.05, 0) is 0 Å². The molecule has 60 valence electrons. The molecular weight excluding hydrogens is 184 g/mol. The van der Waals surface area contributed by atoms with Gasteiger partial charge in [-0.15, -0.1) is 10.2 Å². The van der Waals surface area contributed by atoms with Crippen LogP contribution in [0.4, 0.5) is 0 Å². The van der Waals surface area contributed by atoms with Crippen LogP contribution in [0.2, 0.25) is 0 Å². The zero-order chi connectivity index (χ0) is 8.10. The minimum Gasteiger partial charge on any atom is -0.468 e. The summed E-state index contributed by atoms with van der Waals surface area (Å²) in [6.07, 6.45) is 0. The highest BCUT2D eigenvalue weighted by Gasteiger charge is 2.03. The smallest absolute Gasteiger partial charge is 0.316 e. The number of methoxy groups -OCH3 is 1. The van der Waals surface area contributed by atoms with Crippen LogP contribution in [-0.2, 0) is 9.53 Å². The molecule has 0 aliphatic heterocycles. The summed E-state index contributed by atoms with van der Waals surface area (Å²) in [7, 11) is 1.36. The van der Waals surface area contributed by atoms with Crippen molar-refractivity contribution < 1.29 is 9.53 Å². The Bertz CT molecular complexity index is 224. The third-order valence-corrected chi connectivity index (χ3v) is 2.72. The first kappa shape index (κ1) is 8.48. The Hall–Kier alpha value is -0.620. The summed E-state index contributed by atoms with van der Waals surface area (Å²) in [4.78, 5) is 10.6. The summed E-state index contributed by atoms with van der Waals surface area (Å²) in [6, 6.07) is 0. The summed E-state index contributed by atoms with van der Waals surface area (Å²) in [5.41, 5.74) is 1.62. The third kappa shape index (κ3) is 2.85. The van der Waals surface area contributed by atoms with E-state index in [2.05, 4.69) is 14.9 Å². The van der Waals surface area contributed by atoms with Crippen molar-refractivity contribution in [1.29, 1.82) is 0 Å². The van der Waals surface area contributed by atoms with Crippen LogP contribution in [0.3, 0.4) is 0 Å². The van der Waals surface area contributed by atoms with Crippen molar-refractivity contribution in [1.82, 2.24) is 10.2 Å². The van der Waals surface area contributed by atoms with Gasteiger partial charge < -0.3 is 4.74 Å². The molecule has 0 saturated heterocycles. The second kappa shape index (κ2) is 4.30. The minimum absolute atomic E-state index is 0.245. The highest BCUT2D eigenvalue weighted by atomic mass is 32.2. The quantitative estimate of drug-likeness (QED) is 0.521. The molecule has 1 aromatic heterocycles. The number of esters is 1. The second-order valence-corrected chi connectivity index (χ2v) is 3.63. The Morgan fingerprint density at radius 3 is 3.27 bits per heavy atom. The fraction of sp³-hybridized carbons (Fsp3) is 0.400. The fourth-order valence-corrected chi connectivity index (χ4v) is 1.73. The molecule has 1 rings (SSSR count). The van der Waals surface area contributed by atoms with E-state index in [-0.39, 0.29) is 5.97 Å². The van der Waals surface area contributed by atoms with E-state index in [0.717, 1.165) is 4.34 Å². The van der Waals surface area contributed by atoms with E-state index in [0.29, 0.717) is 5.75 Å². The standard InChI is InChI=1S/C5H6N2O2S2/c1-9-4(8)2-10-5-7-6-3-11-5/h3H,2H2,1H3. The van der Waals surface area contributed by atoms with Crippen LogP contribution < -0.4 is 0 Å². The number of thioether (sulfide) groups is 1. The molecule has 0 spiro atoms. The van der Waals surface area contributed by atoms with Gasteiger partial charge in [0, 0.05) is 0 Å². The monoisotopic (exact) mass is 190 g/mol. The third-order valence-electron chi connectivity index (χ3n) is 0.881. The lowest BCUT2D eigenvalue weighted by Gasteiger charge is -1.93. The molecule has 1 aromatic rings. The number of nitrogens with zero attached hydrogens (tertiary/aromatic N) is 2. The van der Waals surface area contributed by atoms with Gasteiger partial charge in [0.2, 0.25) is 0 Å². The number of carbonyl (C=O) groups is 1. The van der Waals surface area contributed by atoms with Gasteiger partial charge in [-0.25, -0.2) is 0 Å². The molecule has 4 nitrogen and oxygen atoms in total. The summed E-state index contributed by atoms with van der Waals surface area (Å²) in [5.74, 6) is 0.0521. The maximum absolute atomic E-state index is 10.6. The molecule has 0 aromatic carbocycles. The molecule has 0 fully saturated rings. The SMILES string of the molecule is COC(=O)CSc1nncs1. The minimum atomic E-state index is -0.245. The molecule has 0 N–H and O–H groups in total. The average molecular weight is 190 g/mol. The van der Waals surface area contributed by atoms with Crippen LogP contribution in [0.5, 0.6) is 0 Å². The van der Waals surface area contributed by atoms with E-state index in [4.69, 9.17) is 0 Å². The normalized spacial score (nSPS) is 9.55. The van der Waals surface area contributed by atoms with E-state index in [9.17, 15) is 4.79 Å². The van der Waals surface area contributed by atoms with Gasteiger partial charge in [-0.3, -0.25) is 4.79 Å². The summed E-state index contributed by atoms with van der Waals surface area (Å²) in [5, 5.41) is 7.37. The molecule has 0 unspecified atom stereocenters. The van der Waals surface area contributed by atoms with E-state index in [1.54, 1.807) is 5.51 Å². The Morgan fingerprint density at radius 2 is 2.73 bits per heavy atom. The van der Waals surface area contributed by atoms with Crippen molar-refractivity contribution in [2.24, 2.45) is 0 Å². The number of ether oxygens (including phenoxy) is 1. The number of aromatic nitrogens is 2. The Labute approximate surface area is 72.0 Å². The number of carbonyl (C=O) groups excluding carboxylic acids is 1. The van der Waals surface area contributed by atoms with E-state index in [1.165, 1.54) is 30.2 Å². The Morgan fingerprint density at radius 1 is 1.91 bits per heavy atom. The van der Waals surface area contributed by atoms with Gasteiger partial charge in [-0.2, -0.15) is 0 Å². The highest BCUT2D eigenvalue weighted by Crippen LogP contribution is 2.18. The van der Waals surface area contributed by atoms with Crippen LogP contribution in [0.1, 0.15) is 0 Å². The molecule has 0 aliphatic carbocycles. The molecule has 0 radical (unpaired) electrons. The van der Waals surface area contributed by atoms with E-state index < -0.39 is 0 Å². The van der Waals surface area contributed by atoms with Gasteiger partial charge in [0.15, 0.2) is 4.34 Å². The number of hydrogen-bond acceptors (Lipinski definition) is 6. The molecule has 0 aliphatic rings. The second-order valence-electron chi connectivity index (χ2n) is 1.57. The molecule has 11 heavy (non-hydrogen) atoms. The summed E-state index contributed by atoms with van der Waals surface area (Å²) >= 11 is 2.74. The van der Waals surface area contributed by atoms with Crippen LogP contribution in [-0.4, -0.2) is 29.0 Å². The maximum Gasteiger partial charge on any atom is 0.316 e. The Balaban J connectivity index is 2.29. The van der Waals surface area contributed by atoms with Crippen LogP contribution in [0, 0.1) is 0 Å². The lowest BCUT2D eigenvalue weighted by atomic mass is 10.8. The van der Waals surface area contributed by atoms with Gasteiger partial charge in [0.25, 0.3) is 0 Å². The number of hydrogen-bond donors (Lipinski definition) is 0. The van der Waals surface area contributed by atoms with Crippen molar-refractivity contribution in [3.05, 3.63) is 5.51 Å². The zero-order valence-electron chi connectivity index (χ0n) is 5.81. The van der Waals surface area contributed by atoms with Crippen LogP contribution in [0.15, 0.2) is 9.85 Å². The zero-order valence-corrected chi connectivity index (χ0v) is 7.44. The Kier molecular flexibility index (Phi) is 3.31. The van der Waals surface area contributed by atoms with Crippen LogP contribution >= 0.6 is 23.1 Å². The van der Waals surface area contributed by atoms with Crippen molar-refractivity contribution in [3.8, 4) is 0 Å². The topological polar surface area (TPSA) is 52.1 Å². The predicted molar refractivity (Wildman–Crippen MR) is 42.6 cm³/mol. The molecule has 0 atom stereocenters. The average Bonchev–Trinajstić information content (AvgIpc) is 2.52. The molecule has 1 heterocycles. The first-order chi connectivity index (χ1) is 5.33. The lowest BCUT2D eigenvalue weighted by Crippen LogP contribution is -2.02. The molecule has 0 saturated carbocycles. The molecule has 0 bridgehead atoms. The summed E-state index contributed by atoms with van der Waals surface area (Å²) < 4.78 is 5.23. The molecule has 0 amide bonds. The molecule has 6 heteroatoms.